The van der Waals surface area contributed by atoms with Gasteiger partial charge in [-0.1, -0.05) is 12.1 Å². The van der Waals surface area contributed by atoms with E-state index in [9.17, 15) is 4.79 Å². The molecule has 88 valence electrons. The van der Waals surface area contributed by atoms with E-state index >= 15 is 0 Å². The monoisotopic (exact) mass is 231 g/mol. The van der Waals surface area contributed by atoms with Gasteiger partial charge < -0.3 is 4.74 Å². The predicted molar refractivity (Wildman–Crippen MR) is 63.1 cm³/mol. The Morgan fingerprint density at radius 2 is 2.35 bits per heavy atom. The van der Waals surface area contributed by atoms with Crippen LogP contribution in [-0.2, 0) is 9.53 Å². The highest BCUT2D eigenvalue weighted by atomic mass is 16.5. The van der Waals surface area contributed by atoms with Crippen molar-refractivity contribution in [2.45, 2.75) is 18.9 Å². The van der Waals surface area contributed by atoms with Gasteiger partial charge in [0, 0.05) is 6.61 Å². The number of aromatic nitrogens is 2. The summed E-state index contributed by atoms with van der Waals surface area (Å²) >= 11 is 0. The molecule has 0 radical (unpaired) electrons. The van der Waals surface area contributed by atoms with Crippen LogP contribution in [-0.4, -0.2) is 28.3 Å². The first kappa shape index (κ1) is 10.3. The van der Waals surface area contributed by atoms with Crippen LogP contribution in [0.4, 0.5) is 0 Å². The zero-order chi connectivity index (χ0) is 11.7. The summed E-state index contributed by atoms with van der Waals surface area (Å²) in [6.07, 6.45) is 3.02. The molecule has 1 aromatic heterocycles. The van der Waals surface area contributed by atoms with E-state index in [1.165, 1.54) is 0 Å². The van der Waals surface area contributed by atoms with Crippen LogP contribution in [0.1, 0.15) is 12.8 Å². The smallest absolute Gasteiger partial charge is 0.267 e. The number of rotatable bonds is 2. The Bertz CT molecular complexity index is 543. The van der Waals surface area contributed by atoms with Gasteiger partial charge in [-0.2, -0.15) is 0 Å². The molecule has 0 saturated carbocycles. The van der Waals surface area contributed by atoms with Gasteiger partial charge in [-0.25, -0.2) is 9.66 Å². The van der Waals surface area contributed by atoms with Crippen LogP contribution >= 0.6 is 0 Å². The normalized spacial score (nSPS) is 19.6. The van der Waals surface area contributed by atoms with Crippen molar-refractivity contribution >= 4 is 16.9 Å². The van der Waals surface area contributed by atoms with Crippen LogP contribution in [0.5, 0.6) is 0 Å². The maximum absolute atomic E-state index is 11.9. The number of amides is 1. The number of para-hydroxylation sites is 2. The summed E-state index contributed by atoms with van der Waals surface area (Å²) in [5.74, 6) is -0.106. The minimum Gasteiger partial charge on any atom is -0.368 e. The second-order valence-electron chi connectivity index (χ2n) is 4.08. The van der Waals surface area contributed by atoms with Crippen molar-refractivity contribution in [3.05, 3.63) is 30.6 Å². The van der Waals surface area contributed by atoms with E-state index in [0.29, 0.717) is 6.61 Å². The van der Waals surface area contributed by atoms with E-state index in [1.54, 1.807) is 11.0 Å². The van der Waals surface area contributed by atoms with Gasteiger partial charge in [0.25, 0.3) is 5.91 Å². The van der Waals surface area contributed by atoms with Gasteiger partial charge in [0.2, 0.25) is 0 Å². The van der Waals surface area contributed by atoms with Crippen LogP contribution in [0.15, 0.2) is 30.6 Å². The van der Waals surface area contributed by atoms with E-state index in [2.05, 4.69) is 10.4 Å². The Balaban J connectivity index is 1.82. The summed E-state index contributed by atoms with van der Waals surface area (Å²) in [5.41, 5.74) is 4.55. The van der Waals surface area contributed by atoms with E-state index in [0.717, 1.165) is 23.9 Å². The lowest BCUT2D eigenvalue weighted by Gasteiger charge is -2.11. The highest BCUT2D eigenvalue weighted by molar-refractivity contribution is 5.90. The zero-order valence-corrected chi connectivity index (χ0v) is 9.30. The Labute approximate surface area is 98.4 Å². The number of nitrogens with zero attached hydrogens (tertiary/aromatic N) is 2. The average Bonchev–Trinajstić information content (AvgIpc) is 2.98. The molecule has 2 aromatic rings. The summed E-state index contributed by atoms with van der Waals surface area (Å²) in [5, 5.41) is 0. The van der Waals surface area contributed by atoms with Crippen molar-refractivity contribution in [1.82, 2.24) is 9.66 Å². The van der Waals surface area contributed by atoms with E-state index < -0.39 is 0 Å². The van der Waals surface area contributed by atoms with Crippen LogP contribution in [0.25, 0.3) is 11.0 Å². The molecule has 5 nitrogen and oxygen atoms in total. The highest BCUT2D eigenvalue weighted by Gasteiger charge is 2.23. The lowest BCUT2D eigenvalue weighted by Crippen LogP contribution is -2.32. The summed E-state index contributed by atoms with van der Waals surface area (Å²) in [7, 11) is 0. The number of hydrogen-bond acceptors (Lipinski definition) is 3. The molecule has 0 unspecified atom stereocenters. The number of imidazole rings is 1. The number of carbonyl (C=O) groups excluding carboxylic acids is 1. The first-order chi connectivity index (χ1) is 8.34. The maximum atomic E-state index is 11.9. The van der Waals surface area contributed by atoms with Gasteiger partial charge in [0.1, 0.15) is 12.4 Å². The third kappa shape index (κ3) is 1.89. The fraction of sp³-hybridized carbons (Fsp3) is 0.333. The van der Waals surface area contributed by atoms with Crippen molar-refractivity contribution in [2.75, 3.05) is 12.0 Å². The molecular formula is C12H13N3O2. The summed E-state index contributed by atoms with van der Waals surface area (Å²) < 4.78 is 6.97. The molecular weight excluding hydrogens is 218 g/mol. The maximum Gasteiger partial charge on any atom is 0.267 e. The molecule has 0 spiro atoms. The Morgan fingerprint density at radius 1 is 1.47 bits per heavy atom. The van der Waals surface area contributed by atoms with E-state index in [-0.39, 0.29) is 12.0 Å². The first-order valence-electron chi connectivity index (χ1n) is 5.69. The van der Waals surface area contributed by atoms with Gasteiger partial charge >= 0.3 is 0 Å². The van der Waals surface area contributed by atoms with Crippen molar-refractivity contribution in [3.63, 3.8) is 0 Å². The van der Waals surface area contributed by atoms with E-state index in [4.69, 9.17) is 4.74 Å². The second-order valence-corrected chi connectivity index (χ2v) is 4.08. The van der Waals surface area contributed by atoms with E-state index in [1.807, 2.05) is 24.3 Å². The Morgan fingerprint density at radius 3 is 3.18 bits per heavy atom. The topological polar surface area (TPSA) is 56.2 Å². The van der Waals surface area contributed by atoms with Gasteiger partial charge in [0.05, 0.1) is 11.0 Å². The highest BCUT2D eigenvalue weighted by Crippen LogP contribution is 2.14. The molecule has 1 atom stereocenters. The molecule has 0 aliphatic carbocycles. The number of hydrogen-bond donors (Lipinski definition) is 1. The molecule has 5 heteroatoms. The molecule has 1 N–H and O–H groups in total. The zero-order valence-electron chi connectivity index (χ0n) is 9.30. The first-order valence-corrected chi connectivity index (χ1v) is 5.69. The average molecular weight is 231 g/mol. The second kappa shape index (κ2) is 4.18. The summed E-state index contributed by atoms with van der Waals surface area (Å²) in [4.78, 5) is 16.1. The molecule has 1 aliphatic rings. The van der Waals surface area contributed by atoms with Gasteiger partial charge in [-0.3, -0.25) is 10.2 Å². The largest absolute Gasteiger partial charge is 0.368 e. The fourth-order valence-corrected chi connectivity index (χ4v) is 2.02. The number of fused-ring (bicyclic) bond motifs is 1. The molecule has 1 saturated heterocycles. The third-order valence-corrected chi connectivity index (χ3v) is 2.91. The minimum absolute atomic E-state index is 0.106. The molecule has 1 amide bonds. The molecule has 2 heterocycles. The summed E-state index contributed by atoms with van der Waals surface area (Å²) in [6.45, 7) is 0.669. The minimum atomic E-state index is -0.323. The summed E-state index contributed by atoms with van der Waals surface area (Å²) in [6, 6.07) is 7.66. The molecule has 0 bridgehead atoms. The third-order valence-electron chi connectivity index (χ3n) is 2.91. The lowest BCUT2D eigenvalue weighted by atomic mass is 10.2. The number of nitrogens with one attached hydrogen (secondary N) is 1. The quantitative estimate of drug-likeness (QED) is 0.847. The molecule has 1 aromatic carbocycles. The molecule has 3 rings (SSSR count). The van der Waals surface area contributed by atoms with Crippen LogP contribution in [0.3, 0.4) is 0 Å². The van der Waals surface area contributed by atoms with Crippen LogP contribution < -0.4 is 5.43 Å². The number of benzene rings is 1. The SMILES string of the molecule is O=C(Nn1cnc2ccccc21)[C@@H]1CCCO1. The van der Waals surface area contributed by atoms with Crippen molar-refractivity contribution < 1.29 is 9.53 Å². The van der Waals surface area contributed by atoms with Crippen molar-refractivity contribution in [2.24, 2.45) is 0 Å². The van der Waals surface area contributed by atoms with Gasteiger partial charge in [-0.05, 0) is 25.0 Å². The van der Waals surface area contributed by atoms with Gasteiger partial charge in [-0.15, -0.1) is 0 Å². The Hall–Kier alpha value is -1.88. The molecule has 1 aliphatic heterocycles. The molecule has 1 fully saturated rings. The Kier molecular flexibility index (Phi) is 2.53. The van der Waals surface area contributed by atoms with Gasteiger partial charge in [0.15, 0.2) is 0 Å². The van der Waals surface area contributed by atoms with Crippen molar-refractivity contribution in [3.8, 4) is 0 Å². The fourth-order valence-electron chi connectivity index (χ4n) is 2.02. The number of carbonyl (C=O) groups is 1. The lowest BCUT2D eigenvalue weighted by molar-refractivity contribution is -0.125. The van der Waals surface area contributed by atoms with Crippen LogP contribution in [0.2, 0.25) is 0 Å². The van der Waals surface area contributed by atoms with Crippen LogP contribution in [0, 0.1) is 0 Å². The molecule has 17 heavy (non-hydrogen) atoms. The number of ether oxygens (including phenoxy) is 1. The van der Waals surface area contributed by atoms with Crippen molar-refractivity contribution in [1.29, 1.82) is 0 Å². The predicted octanol–water partition coefficient (Wildman–Crippen LogP) is 1.29. The standard InChI is InChI=1S/C12H13N3O2/c16-12(11-6-3-7-17-11)14-15-8-13-9-4-1-2-5-10(9)15/h1-2,4-5,8,11H,3,6-7H2,(H,14,16)/t11-/m0/s1.